The Labute approximate surface area is 94.7 Å². The molecule has 0 saturated heterocycles. The normalized spacial score (nSPS) is 10.4. The Bertz CT molecular complexity index is 63.6. The Morgan fingerprint density at radius 3 is 2.00 bits per heavy atom. The maximum atomic E-state index is 5.30. The van der Waals surface area contributed by atoms with Crippen molar-refractivity contribution in [2.75, 3.05) is 39.3 Å². The van der Waals surface area contributed by atoms with Crippen LogP contribution in [0.15, 0.2) is 0 Å². The summed E-state index contributed by atoms with van der Waals surface area (Å²) < 4.78 is 3.09. The van der Waals surface area contributed by atoms with Gasteiger partial charge in [-0.3, -0.25) is 0 Å². The third-order valence-corrected chi connectivity index (χ3v) is 1.76. The Kier molecular flexibility index (Phi) is 12.3. The minimum atomic E-state index is 0.720. The molecule has 5 N–H and O–H groups in total. The van der Waals surface area contributed by atoms with Crippen LogP contribution in [-0.2, 0) is 0 Å². The SMILES string of the molecule is NCCNCCNCC[NH][Gd]. The van der Waals surface area contributed by atoms with Crippen molar-refractivity contribution < 1.29 is 38.3 Å². The monoisotopic (exact) mass is 303 g/mol. The van der Waals surface area contributed by atoms with Gasteiger partial charge in [0, 0.05) is 0 Å². The van der Waals surface area contributed by atoms with Crippen LogP contribution in [0.2, 0.25) is 0 Å². The molecule has 4 nitrogen and oxygen atoms in total. The van der Waals surface area contributed by atoms with E-state index >= 15 is 0 Å². The molecule has 0 amide bonds. The molecule has 0 unspecified atom stereocenters. The van der Waals surface area contributed by atoms with Gasteiger partial charge in [0.05, 0.1) is 0 Å². The van der Waals surface area contributed by atoms with E-state index in [1.807, 2.05) is 0 Å². The summed E-state index contributed by atoms with van der Waals surface area (Å²) in [5, 5.41) is 6.49. The first-order valence-corrected chi connectivity index (χ1v) is 4.99. The molecule has 0 rings (SSSR count). The molecule has 69 valence electrons. The van der Waals surface area contributed by atoms with Crippen molar-refractivity contribution in [3.8, 4) is 0 Å². The molecule has 0 saturated carbocycles. The van der Waals surface area contributed by atoms with Crippen molar-refractivity contribution in [2.24, 2.45) is 5.73 Å². The fraction of sp³-hybridized carbons (Fsp3) is 1.00. The molecule has 0 radical (unpaired) electrons. The number of nitrogens with two attached hydrogens (primary N) is 1. The van der Waals surface area contributed by atoms with Crippen LogP contribution in [-0.4, -0.2) is 39.3 Å². The molecule has 0 aliphatic rings. The summed E-state index contributed by atoms with van der Waals surface area (Å²) >= 11 is 1.78. The zero-order valence-electron chi connectivity index (χ0n) is 6.67. The van der Waals surface area contributed by atoms with Crippen molar-refractivity contribution in [3.63, 3.8) is 0 Å². The third-order valence-electron chi connectivity index (χ3n) is 1.19. The molecule has 0 aliphatic heterocycles. The van der Waals surface area contributed by atoms with E-state index in [0.29, 0.717) is 0 Å². The van der Waals surface area contributed by atoms with E-state index in [-0.39, 0.29) is 0 Å². The van der Waals surface area contributed by atoms with E-state index < -0.39 is 0 Å². The number of hydrogen-bond donors (Lipinski definition) is 4. The Morgan fingerprint density at radius 2 is 1.45 bits per heavy atom. The van der Waals surface area contributed by atoms with E-state index in [9.17, 15) is 0 Å². The Hall–Kier alpha value is 1.16. The van der Waals surface area contributed by atoms with Crippen molar-refractivity contribution in [2.45, 2.75) is 0 Å². The molecule has 0 bridgehead atoms. The molecule has 0 aromatic heterocycles. The molecule has 0 spiro atoms. The van der Waals surface area contributed by atoms with Crippen molar-refractivity contribution in [1.82, 2.24) is 12.2 Å². The van der Waals surface area contributed by atoms with Crippen LogP contribution in [0.25, 0.3) is 0 Å². The summed E-state index contributed by atoms with van der Waals surface area (Å²) in [4.78, 5) is 0. The molecule has 0 aromatic rings. The standard InChI is InChI=1S/C6H17N4.Gd/c7-1-3-9-5-6-10-4-2-8;/h7,9-10H,1-6,8H2;/q-1;+1. The first kappa shape index (κ1) is 12.2. The van der Waals surface area contributed by atoms with Crippen molar-refractivity contribution >= 4 is 0 Å². The molecular weight excluding hydrogens is 285 g/mol. The average molecular weight is 302 g/mol. The third kappa shape index (κ3) is 11.2. The summed E-state index contributed by atoms with van der Waals surface area (Å²) in [6.07, 6.45) is 0. The molecule has 0 heterocycles. The number of rotatable bonds is 8. The molecule has 0 aliphatic carbocycles. The van der Waals surface area contributed by atoms with Crippen LogP contribution >= 0.6 is 0 Å². The number of nitrogens with one attached hydrogen (secondary N) is 3. The average Bonchev–Trinajstić information content (AvgIpc) is 2.03. The van der Waals surface area contributed by atoms with E-state index in [2.05, 4.69) is 12.2 Å². The Balaban J connectivity index is 2.69. The predicted molar refractivity (Wildman–Crippen MR) is 42.8 cm³/mol. The van der Waals surface area contributed by atoms with Gasteiger partial charge in [-0.25, -0.2) is 0 Å². The zero-order chi connectivity index (χ0) is 8.36. The van der Waals surface area contributed by atoms with Gasteiger partial charge in [-0.2, -0.15) is 0 Å². The fourth-order valence-corrected chi connectivity index (χ4v) is 0.945. The van der Waals surface area contributed by atoms with Crippen LogP contribution in [0.5, 0.6) is 0 Å². The van der Waals surface area contributed by atoms with E-state index in [1.165, 1.54) is 0 Å². The first-order chi connectivity index (χ1) is 5.41. The van der Waals surface area contributed by atoms with Gasteiger partial charge >= 0.3 is 95.4 Å². The second-order valence-corrected chi connectivity index (χ2v) is 2.97. The summed E-state index contributed by atoms with van der Waals surface area (Å²) in [6, 6.07) is 0. The van der Waals surface area contributed by atoms with Crippen LogP contribution in [0.4, 0.5) is 0 Å². The van der Waals surface area contributed by atoms with Gasteiger partial charge in [0.1, 0.15) is 0 Å². The van der Waals surface area contributed by atoms with Gasteiger partial charge in [0.25, 0.3) is 0 Å². The second kappa shape index (κ2) is 11.2. The second-order valence-electron chi connectivity index (χ2n) is 2.16. The maximum absolute atomic E-state index is 5.30. The van der Waals surface area contributed by atoms with Crippen LogP contribution < -0.4 is 17.9 Å². The molecular formula is C6H17GdN4. The van der Waals surface area contributed by atoms with Crippen LogP contribution in [0, 0.1) is 38.3 Å². The summed E-state index contributed by atoms with van der Waals surface area (Å²) in [5.41, 5.74) is 5.30. The van der Waals surface area contributed by atoms with E-state index in [0.717, 1.165) is 39.3 Å². The first-order valence-electron chi connectivity index (χ1n) is 3.85. The summed E-state index contributed by atoms with van der Waals surface area (Å²) in [5.74, 6) is 0. The molecule has 5 heteroatoms. The summed E-state index contributed by atoms with van der Waals surface area (Å²) in [6.45, 7) is 5.73. The predicted octanol–water partition coefficient (Wildman–Crippen LogP) is -1.82. The van der Waals surface area contributed by atoms with Gasteiger partial charge in [-0.05, 0) is 0 Å². The fourth-order valence-electron chi connectivity index (χ4n) is 0.661. The quantitative estimate of drug-likeness (QED) is 0.399. The molecule has 0 atom stereocenters. The van der Waals surface area contributed by atoms with Gasteiger partial charge in [0.15, 0.2) is 0 Å². The molecule has 0 aromatic carbocycles. The molecule has 0 fully saturated rings. The minimum absolute atomic E-state index is 0.720. The topological polar surface area (TPSA) is 62.1 Å². The zero-order valence-corrected chi connectivity index (χ0v) is 8.94. The van der Waals surface area contributed by atoms with Gasteiger partial charge in [-0.1, -0.05) is 0 Å². The van der Waals surface area contributed by atoms with Gasteiger partial charge in [-0.15, -0.1) is 0 Å². The Morgan fingerprint density at radius 1 is 0.909 bits per heavy atom. The van der Waals surface area contributed by atoms with Crippen LogP contribution in [0.1, 0.15) is 0 Å². The molecule has 11 heavy (non-hydrogen) atoms. The van der Waals surface area contributed by atoms with Crippen molar-refractivity contribution in [3.05, 3.63) is 0 Å². The van der Waals surface area contributed by atoms with E-state index in [1.54, 1.807) is 38.3 Å². The van der Waals surface area contributed by atoms with Crippen LogP contribution in [0.3, 0.4) is 0 Å². The van der Waals surface area contributed by atoms with Gasteiger partial charge in [0.2, 0.25) is 0 Å². The van der Waals surface area contributed by atoms with Crippen molar-refractivity contribution in [1.29, 1.82) is 0 Å². The van der Waals surface area contributed by atoms with Gasteiger partial charge < -0.3 is 0 Å². The van der Waals surface area contributed by atoms with E-state index in [4.69, 9.17) is 5.73 Å². The number of hydrogen-bond acceptors (Lipinski definition) is 4. The summed E-state index contributed by atoms with van der Waals surface area (Å²) in [7, 11) is 0.